The highest BCUT2D eigenvalue weighted by Crippen LogP contribution is 2.39. The van der Waals surface area contributed by atoms with E-state index in [-0.39, 0.29) is 11.7 Å². The number of amides is 1. The van der Waals surface area contributed by atoms with Crippen molar-refractivity contribution in [1.82, 2.24) is 14.8 Å². The van der Waals surface area contributed by atoms with E-state index in [4.69, 9.17) is 23.2 Å². The molecule has 164 valence electrons. The van der Waals surface area contributed by atoms with E-state index in [0.29, 0.717) is 20.9 Å². The van der Waals surface area contributed by atoms with E-state index >= 15 is 0 Å². The topological polar surface area (TPSA) is 59.8 Å². The molecule has 0 saturated carbocycles. The Morgan fingerprint density at radius 1 is 1.09 bits per heavy atom. The highest BCUT2D eigenvalue weighted by Gasteiger charge is 2.19. The SMILES string of the molecule is Cc1ccc(-c2c(-c3nnc(SCC(=O)Nc4cc(Cl)cc(Cl)c4)n3C)csc2C)cc1. The number of rotatable bonds is 6. The Morgan fingerprint density at radius 3 is 2.47 bits per heavy atom. The molecule has 5 nitrogen and oxygen atoms in total. The lowest BCUT2D eigenvalue weighted by Crippen LogP contribution is -2.14. The number of thioether (sulfide) groups is 1. The molecule has 0 spiro atoms. The van der Waals surface area contributed by atoms with Gasteiger partial charge in [-0.1, -0.05) is 64.8 Å². The Balaban J connectivity index is 1.51. The fraction of sp³-hybridized carbons (Fsp3) is 0.174. The number of hydrogen-bond acceptors (Lipinski definition) is 5. The van der Waals surface area contributed by atoms with Gasteiger partial charge >= 0.3 is 0 Å². The van der Waals surface area contributed by atoms with Gasteiger partial charge in [0.1, 0.15) is 0 Å². The second-order valence-electron chi connectivity index (χ2n) is 7.31. The molecule has 2 heterocycles. The van der Waals surface area contributed by atoms with Gasteiger partial charge in [-0.15, -0.1) is 21.5 Å². The predicted molar refractivity (Wildman–Crippen MR) is 135 cm³/mol. The Labute approximate surface area is 204 Å². The van der Waals surface area contributed by atoms with Crippen molar-refractivity contribution in [3.8, 4) is 22.5 Å². The van der Waals surface area contributed by atoms with Gasteiger partial charge in [0.25, 0.3) is 0 Å². The maximum absolute atomic E-state index is 12.4. The van der Waals surface area contributed by atoms with Gasteiger partial charge < -0.3 is 9.88 Å². The Hall–Kier alpha value is -2.32. The predicted octanol–water partition coefficient (Wildman–Crippen LogP) is 6.87. The van der Waals surface area contributed by atoms with Crippen LogP contribution in [0, 0.1) is 13.8 Å². The van der Waals surface area contributed by atoms with Gasteiger partial charge in [-0.25, -0.2) is 0 Å². The van der Waals surface area contributed by atoms with Crippen LogP contribution in [0.3, 0.4) is 0 Å². The number of carbonyl (C=O) groups is 1. The zero-order chi connectivity index (χ0) is 22.8. The molecule has 0 aliphatic rings. The van der Waals surface area contributed by atoms with Crippen LogP contribution in [0.5, 0.6) is 0 Å². The van der Waals surface area contributed by atoms with E-state index in [1.165, 1.54) is 22.2 Å². The van der Waals surface area contributed by atoms with Crippen LogP contribution >= 0.6 is 46.3 Å². The van der Waals surface area contributed by atoms with E-state index in [1.807, 2.05) is 11.6 Å². The minimum atomic E-state index is -0.176. The molecular formula is C23H20Cl2N4OS2. The molecule has 0 fully saturated rings. The lowest BCUT2D eigenvalue weighted by atomic mass is 10.0. The number of nitrogens with zero attached hydrogens (tertiary/aromatic N) is 3. The van der Waals surface area contributed by atoms with Crippen LogP contribution in [0.15, 0.2) is 53.0 Å². The Morgan fingerprint density at radius 2 is 1.78 bits per heavy atom. The third-order valence-corrected chi connectivity index (χ3v) is 7.24. The lowest BCUT2D eigenvalue weighted by molar-refractivity contribution is -0.113. The standard InChI is InChI=1S/C23H20Cl2N4OS2/c1-13-4-6-15(7-5-13)21-14(2)31-11-19(21)22-27-28-23(29(22)3)32-12-20(30)26-18-9-16(24)8-17(25)10-18/h4-11H,12H2,1-3H3,(H,26,30). The van der Waals surface area contributed by atoms with Crippen molar-refractivity contribution < 1.29 is 4.79 Å². The van der Waals surface area contributed by atoms with Gasteiger partial charge in [0.2, 0.25) is 5.91 Å². The summed E-state index contributed by atoms with van der Waals surface area (Å²) in [6, 6.07) is 13.4. The zero-order valence-electron chi connectivity index (χ0n) is 17.6. The molecule has 4 aromatic rings. The van der Waals surface area contributed by atoms with Crippen LogP contribution in [0.25, 0.3) is 22.5 Å². The summed E-state index contributed by atoms with van der Waals surface area (Å²) in [5, 5.41) is 15.2. The van der Waals surface area contributed by atoms with Crippen LogP contribution < -0.4 is 5.32 Å². The summed E-state index contributed by atoms with van der Waals surface area (Å²) in [6.45, 7) is 4.19. The summed E-state index contributed by atoms with van der Waals surface area (Å²) >= 11 is 15.0. The zero-order valence-corrected chi connectivity index (χ0v) is 20.8. The fourth-order valence-corrected chi connectivity index (χ4v) is 5.43. The summed E-state index contributed by atoms with van der Waals surface area (Å²) in [5.41, 5.74) is 5.14. The fourth-order valence-electron chi connectivity index (χ4n) is 3.33. The van der Waals surface area contributed by atoms with Crippen molar-refractivity contribution in [3.05, 3.63) is 68.3 Å². The highest BCUT2D eigenvalue weighted by atomic mass is 35.5. The van der Waals surface area contributed by atoms with Crippen molar-refractivity contribution in [1.29, 1.82) is 0 Å². The summed E-state index contributed by atoms with van der Waals surface area (Å²) in [6.07, 6.45) is 0. The second-order valence-corrected chi connectivity index (χ2v) is 10.2. The normalized spacial score (nSPS) is 11.0. The van der Waals surface area contributed by atoms with Gasteiger partial charge in [0.05, 0.1) is 5.75 Å². The molecular weight excluding hydrogens is 483 g/mol. The van der Waals surface area contributed by atoms with Crippen molar-refractivity contribution >= 4 is 57.9 Å². The number of nitrogens with one attached hydrogen (secondary N) is 1. The molecule has 0 saturated heterocycles. The molecule has 1 N–H and O–H groups in total. The van der Waals surface area contributed by atoms with E-state index in [9.17, 15) is 4.79 Å². The first-order chi connectivity index (χ1) is 15.3. The Kier molecular flexibility index (Phi) is 6.90. The first kappa shape index (κ1) is 22.9. The van der Waals surface area contributed by atoms with Gasteiger partial charge in [0, 0.05) is 44.2 Å². The maximum atomic E-state index is 12.4. The number of halogens is 2. The first-order valence-electron chi connectivity index (χ1n) is 9.75. The molecule has 32 heavy (non-hydrogen) atoms. The number of anilines is 1. The third-order valence-electron chi connectivity index (χ3n) is 4.87. The minimum Gasteiger partial charge on any atom is -0.325 e. The average molecular weight is 503 g/mol. The first-order valence-corrected chi connectivity index (χ1v) is 12.4. The Bertz CT molecular complexity index is 1260. The number of thiophene rings is 1. The summed E-state index contributed by atoms with van der Waals surface area (Å²) < 4.78 is 1.92. The molecule has 2 aromatic carbocycles. The molecule has 4 rings (SSSR count). The van der Waals surface area contributed by atoms with Gasteiger partial charge in [0.15, 0.2) is 11.0 Å². The molecule has 0 bridgehead atoms. The van der Waals surface area contributed by atoms with Crippen molar-refractivity contribution in [2.75, 3.05) is 11.1 Å². The summed E-state index contributed by atoms with van der Waals surface area (Å²) in [7, 11) is 1.91. The van der Waals surface area contributed by atoms with Crippen LogP contribution in [0.1, 0.15) is 10.4 Å². The van der Waals surface area contributed by atoms with Gasteiger partial charge in [-0.05, 0) is 37.6 Å². The number of aromatic nitrogens is 3. The highest BCUT2D eigenvalue weighted by molar-refractivity contribution is 7.99. The molecule has 9 heteroatoms. The van der Waals surface area contributed by atoms with E-state index in [1.54, 1.807) is 29.5 Å². The lowest BCUT2D eigenvalue weighted by Gasteiger charge is -2.08. The quantitative estimate of drug-likeness (QED) is 0.292. The van der Waals surface area contributed by atoms with Crippen molar-refractivity contribution in [2.24, 2.45) is 7.05 Å². The monoisotopic (exact) mass is 502 g/mol. The molecule has 0 radical (unpaired) electrons. The van der Waals surface area contributed by atoms with Crippen LogP contribution in [-0.4, -0.2) is 26.4 Å². The molecule has 2 aromatic heterocycles. The van der Waals surface area contributed by atoms with Gasteiger partial charge in [-0.2, -0.15) is 0 Å². The molecule has 0 unspecified atom stereocenters. The number of aryl methyl sites for hydroxylation is 2. The second kappa shape index (κ2) is 9.67. The molecule has 0 aliphatic heterocycles. The van der Waals surface area contributed by atoms with Crippen LogP contribution in [-0.2, 0) is 11.8 Å². The van der Waals surface area contributed by atoms with Crippen molar-refractivity contribution in [3.63, 3.8) is 0 Å². The summed E-state index contributed by atoms with van der Waals surface area (Å²) in [4.78, 5) is 13.6. The maximum Gasteiger partial charge on any atom is 0.234 e. The van der Waals surface area contributed by atoms with E-state index in [2.05, 4.69) is 59.0 Å². The summed E-state index contributed by atoms with van der Waals surface area (Å²) in [5.74, 6) is 0.780. The number of carbonyl (C=O) groups excluding carboxylic acids is 1. The molecule has 1 amide bonds. The van der Waals surface area contributed by atoms with Crippen LogP contribution in [0.2, 0.25) is 10.0 Å². The van der Waals surface area contributed by atoms with E-state index in [0.717, 1.165) is 22.5 Å². The molecule has 0 aliphatic carbocycles. The number of benzene rings is 2. The van der Waals surface area contributed by atoms with E-state index < -0.39 is 0 Å². The average Bonchev–Trinajstić information content (AvgIpc) is 3.28. The van der Waals surface area contributed by atoms with Crippen molar-refractivity contribution in [2.45, 2.75) is 19.0 Å². The smallest absolute Gasteiger partial charge is 0.234 e. The van der Waals surface area contributed by atoms with Gasteiger partial charge in [-0.3, -0.25) is 4.79 Å². The van der Waals surface area contributed by atoms with Crippen LogP contribution in [0.4, 0.5) is 5.69 Å². The molecule has 0 atom stereocenters. The third kappa shape index (κ3) is 5.02. The largest absolute Gasteiger partial charge is 0.325 e. The minimum absolute atomic E-state index is 0.176. The number of hydrogen-bond donors (Lipinski definition) is 1.